The fourth-order valence-electron chi connectivity index (χ4n) is 3.46. The van der Waals surface area contributed by atoms with Crippen molar-refractivity contribution in [2.24, 2.45) is 0 Å². The number of amides is 1. The standard InChI is InChI=1S/C24H17ClN4O2S/c25-21-11-10-20(32-21)24-27-18-9-4-15(13-19(18)28-24)14-22(30)26-16-5-7-17(8-6-16)29-12-2-1-3-23(29)31/h1-13H,14H2,(H,26,30)(H,27,28). The second-order valence-corrected chi connectivity index (χ2v) is 8.94. The average Bonchev–Trinajstić information content (AvgIpc) is 3.40. The number of rotatable bonds is 5. The Balaban J connectivity index is 1.28. The number of H-pyrrole nitrogens is 1. The van der Waals surface area contributed by atoms with Gasteiger partial charge in [-0.05, 0) is 60.2 Å². The van der Waals surface area contributed by atoms with E-state index >= 15 is 0 Å². The zero-order valence-electron chi connectivity index (χ0n) is 16.7. The summed E-state index contributed by atoms with van der Waals surface area (Å²) in [6, 6.07) is 21.7. The van der Waals surface area contributed by atoms with Crippen LogP contribution in [-0.4, -0.2) is 20.4 Å². The van der Waals surface area contributed by atoms with Gasteiger partial charge in [0.05, 0.1) is 26.7 Å². The highest BCUT2D eigenvalue weighted by molar-refractivity contribution is 7.19. The van der Waals surface area contributed by atoms with Crippen LogP contribution in [0.5, 0.6) is 0 Å². The van der Waals surface area contributed by atoms with E-state index in [0.717, 1.165) is 33.0 Å². The Bertz CT molecular complexity index is 1480. The van der Waals surface area contributed by atoms with Crippen molar-refractivity contribution in [3.8, 4) is 16.4 Å². The molecule has 0 unspecified atom stereocenters. The van der Waals surface area contributed by atoms with Gasteiger partial charge in [-0.15, -0.1) is 11.3 Å². The summed E-state index contributed by atoms with van der Waals surface area (Å²) in [5.41, 5.74) is 3.86. The zero-order valence-corrected chi connectivity index (χ0v) is 18.3. The third-order valence-electron chi connectivity index (χ3n) is 4.97. The van der Waals surface area contributed by atoms with E-state index in [4.69, 9.17) is 11.6 Å². The summed E-state index contributed by atoms with van der Waals surface area (Å²) >= 11 is 7.48. The summed E-state index contributed by atoms with van der Waals surface area (Å²) in [5, 5.41) is 2.90. The maximum Gasteiger partial charge on any atom is 0.255 e. The molecule has 0 saturated carbocycles. The van der Waals surface area contributed by atoms with E-state index in [2.05, 4.69) is 15.3 Å². The molecule has 8 heteroatoms. The Kier molecular flexibility index (Phi) is 5.34. The van der Waals surface area contributed by atoms with Crippen molar-refractivity contribution >= 4 is 45.6 Å². The van der Waals surface area contributed by atoms with Crippen molar-refractivity contribution in [3.63, 3.8) is 0 Å². The fourth-order valence-corrected chi connectivity index (χ4v) is 4.44. The minimum atomic E-state index is -0.130. The van der Waals surface area contributed by atoms with Gasteiger partial charge >= 0.3 is 0 Å². The summed E-state index contributed by atoms with van der Waals surface area (Å²) in [6.45, 7) is 0. The topological polar surface area (TPSA) is 79.8 Å². The van der Waals surface area contributed by atoms with E-state index in [0.29, 0.717) is 10.0 Å². The maximum atomic E-state index is 12.5. The lowest BCUT2D eigenvalue weighted by Crippen LogP contribution is -2.16. The van der Waals surface area contributed by atoms with Gasteiger partial charge in [0.2, 0.25) is 5.91 Å². The number of benzene rings is 2. The van der Waals surface area contributed by atoms with Crippen LogP contribution in [0.25, 0.3) is 27.4 Å². The number of nitrogens with zero attached hydrogens (tertiary/aromatic N) is 2. The number of pyridine rings is 1. The molecule has 0 aliphatic carbocycles. The molecule has 0 fully saturated rings. The second-order valence-electron chi connectivity index (χ2n) is 7.22. The van der Waals surface area contributed by atoms with Crippen LogP contribution in [0.1, 0.15) is 5.56 Å². The van der Waals surface area contributed by atoms with Crippen LogP contribution in [0.15, 0.2) is 83.8 Å². The third-order valence-corrected chi connectivity index (χ3v) is 6.21. The van der Waals surface area contributed by atoms with Crippen molar-refractivity contribution in [1.82, 2.24) is 14.5 Å². The van der Waals surface area contributed by atoms with Gasteiger partial charge in [-0.2, -0.15) is 0 Å². The molecule has 3 aromatic heterocycles. The third kappa shape index (κ3) is 4.21. The van der Waals surface area contributed by atoms with Crippen LogP contribution in [0.2, 0.25) is 4.34 Å². The predicted octanol–water partition coefficient (Wildman–Crippen LogP) is 5.28. The van der Waals surface area contributed by atoms with Gasteiger partial charge < -0.3 is 10.3 Å². The summed E-state index contributed by atoms with van der Waals surface area (Å²) in [6.07, 6.45) is 1.93. The molecule has 0 saturated heterocycles. The summed E-state index contributed by atoms with van der Waals surface area (Å²) in [7, 11) is 0. The van der Waals surface area contributed by atoms with Crippen molar-refractivity contribution in [3.05, 3.63) is 99.2 Å². The van der Waals surface area contributed by atoms with Gasteiger partial charge in [0.1, 0.15) is 5.82 Å². The number of carbonyl (C=O) groups is 1. The molecule has 0 spiro atoms. The molecule has 0 radical (unpaired) electrons. The fraction of sp³-hybridized carbons (Fsp3) is 0.0417. The van der Waals surface area contributed by atoms with Gasteiger partial charge in [-0.3, -0.25) is 14.2 Å². The van der Waals surface area contributed by atoms with Gasteiger partial charge in [-0.25, -0.2) is 4.98 Å². The van der Waals surface area contributed by atoms with Gasteiger partial charge in [0.15, 0.2) is 0 Å². The minimum Gasteiger partial charge on any atom is -0.337 e. The van der Waals surface area contributed by atoms with Crippen LogP contribution >= 0.6 is 22.9 Å². The Hall–Kier alpha value is -3.68. The smallest absolute Gasteiger partial charge is 0.255 e. The van der Waals surface area contributed by atoms with Gasteiger partial charge in [0, 0.05) is 23.6 Å². The SMILES string of the molecule is O=C(Cc1ccc2[nH]c(-c3ccc(Cl)s3)nc2c1)Nc1ccc(-n2ccccc2=O)cc1. The Morgan fingerprint density at radius 2 is 1.91 bits per heavy atom. The number of aromatic amines is 1. The molecule has 2 N–H and O–H groups in total. The van der Waals surface area contributed by atoms with Crippen LogP contribution in [-0.2, 0) is 11.2 Å². The Morgan fingerprint density at radius 1 is 1.06 bits per heavy atom. The highest BCUT2D eigenvalue weighted by Gasteiger charge is 2.10. The molecule has 5 rings (SSSR count). The van der Waals surface area contributed by atoms with Crippen molar-refractivity contribution in [1.29, 1.82) is 0 Å². The Morgan fingerprint density at radius 3 is 2.66 bits per heavy atom. The Labute approximate surface area is 192 Å². The average molecular weight is 461 g/mol. The lowest BCUT2D eigenvalue weighted by atomic mass is 10.1. The largest absolute Gasteiger partial charge is 0.337 e. The molecular weight excluding hydrogens is 444 g/mol. The molecule has 158 valence electrons. The number of hydrogen-bond acceptors (Lipinski definition) is 4. The molecule has 32 heavy (non-hydrogen) atoms. The van der Waals surface area contributed by atoms with E-state index in [1.807, 2.05) is 30.3 Å². The number of carbonyl (C=O) groups excluding carboxylic acids is 1. The molecule has 0 aliphatic rings. The molecule has 0 bridgehead atoms. The number of hydrogen-bond donors (Lipinski definition) is 2. The van der Waals surface area contributed by atoms with E-state index in [1.54, 1.807) is 47.2 Å². The van der Waals surface area contributed by atoms with Crippen molar-refractivity contribution in [2.45, 2.75) is 6.42 Å². The van der Waals surface area contributed by atoms with Gasteiger partial charge in [0.25, 0.3) is 5.56 Å². The molecule has 2 aromatic carbocycles. The second kappa shape index (κ2) is 8.45. The number of thiophene rings is 1. The molecule has 0 atom stereocenters. The molecule has 1 amide bonds. The van der Waals surface area contributed by atoms with Crippen molar-refractivity contribution in [2.75, 3.05) is 5.32 Å². The summed E-state index contributed by atoms with van der Waals surface area (Å²) in [4.78, 5) is 33.4. The first-order valence-corrected chi connectivity index (χ1v) is 11.1. The maximum absolute atomic E-state index is 12.5. The lowest BCUT2D eigenvalue weighted by Gasteiger charge is -2.08. The minimum absolute atomic E-state index is 0.108. The number of halogens is 1. The molecule has 6 nitrogen and oxygen atoms in total. The highest BCUT2D eigenvalue weighted by atomic mass is 35.5. The number of imidazole rings is 1. The normalized spacial score (nSPS) is 11.0. The quantitative estimate of drug-likeness (QED) is 0.374. The van der Waals surface area contributed by atoms with Crippen LogP contribution in [0.3, 0.4) is 0 Å². The number of aromatic nitrogens is 3. The predicted molar refractivity (Wildman–Crippen MR) is 129 cm³/mol. The first kappa shape index (κ1) is 20.2. The van der Waals surface area contributed by atoms with Crippen LogP contribution in [0.4, 0.5) is 5.69 Å². The zero-order chi connectivity index (χ0) is 22.1. The van der Waals surface area contributed by atoms with Crippen LogP contribution < -0.4 is 10.9 Å². The molecule has 0 aliphatic heterocycles. The molecule has 3 heterocycles. The summed E-state index contributed by atoms with van der Waals surface area (Å²) in [5.74, 6) is 0.630. The molecule has 5 aromatic rings. The van der Waals surface area contributed by atoms with E-state index in [-0.39, 0.29) is 17.9 Å². The van der Waals surface area contributed by atoms with Crippen molar-refractivity contribution < 1.29 is 4.79 Å². The molecular formula is C24H17ClN4O2S. The number of fused-ring (bicyclic) bond motifs is 1. The monoisotopic (exact) mass is 460 g/mol. The van der Waals surface area contributed by atoms with E-state index < -0.39 is 0 Å². The first-order valence-electron chi connectivity index (χ1n) is 9.87. The van der Waals surface area contributed by atoms with E-state index in [9.17, 15) is 9.59 Å². The number of anilines is 1. The first-order chi connectivity index (χ1) is 15.5. The summed E-state index contributed by atoms with van der Waals surface area (Å²) < 4.78 is 2.25. The van der Waals surface area contributed by atoms with Crippen LogP contribution in [0, 0.1) is 0 Å². The van der Waals surface area contributed by atoms with Gasteiger partial charge in [-0.1, -0.05) is 23.7 Å². The van der Waals surface area contributed by atoms with E-state index in [1.165, 1.54) is 17.4 Å². The highest BCUT2D eigenvalue weighted by Crippen LogP contribution is 2.30. The lowest BCUT2D eigenvalue weighted by molar-refractivity contribution is -0.115. The number of nitrogens with one attached hydrogen (secondary N) is 2.